The van der Waals surface area contributed by atoms with Crippen molar-refractivity contribution in [3.63, 3.8) is 0 Å². The van der Waals surface area contributed by atoms with Crippen molar-refractivity contribution < 1.29 is 0 Å². The summed E-state index contributed by atoms with van der Waals surface area (Å²) < 4.78 is -1.09. The molecule has 0 N–H and O–H groups in total. The van der Waals surface area contributed by atoms with Gasteiger partial charge in [-0.05, 0) is 5.56 Å². The fourth-order valence-corrected chi connectivity index (χ4v) is 2.24. The summed E-state index contributed by atoms with van der Waals surface area (Å²) in [5.41, 5.74) is 0.759. The predicted molar refractivity (Wildman–Crippen MR) is 58.7 cm³/mol. The van der Waals surface area contributed by atoms with E-state index in [0.29, 0.717) is 0 Å². The van der Waals surface area contributed by atoms with Gasteiger partial charge >= 0.3 is 0 Å². The zero-order valence-electron chi connectivity index (χ0n) is 5.98. The zero-order chi connectivity index (χ0) is 9.19. The topological polar surface area (TPSA) is 0 Å². The molecule has 5 heteroatoms. The molecule has 0 spiro atoms. The maximum atomic E-state index is 5.96. The molecule has 0 radical (unpaired) electrons. The van der Waals surface area contributed by atoms with Crippen LogP contribution in [0.15, 0.2) is 30.3 Å². The van der Waals surface area contributed by atoms with Crippen LogP contribution in [-0.4, -0.2) is 7.42 Å². The Morgan fingerprint density at radius 1 is 1.00 bits per heavy atom. The Balaban J connectivity index is 2.98. The van der Waals surface area contributed by atoms with Gasteiger partial charge in [0.2, 0.25) is 0 Å². The van der Waals surface area contributed by atoms with Crippen molar-refractivity contribution in [3.8, 4) is 0 Å². The van der Waals surface area contributed by atoms with E-state index in [9.17, 15) is 0 Å². The average Bonchev–Trinajstić information content (AvgIpc) is 2.06. The van der Waals surface area contributed by atoms with E-state index in [2.05, 4.69) is 0 Å². The molecular formula is C7H6Cl4Si. The van der Waals surface area contributed by atoms with Gasteiger partial charge in [0.05, 0.1) is 0 Å². The summed E-state index contributed by atoms with van der Waals surface area (Å²) in [6.45, 7) is 0. The van der Waals surface area contributed by atoms with Gasteiger partial charge in [0, 0.05) is 0 Å². The molecule has 0 aromatic heterocycles. The third-order valence-corrected chi connectivity index (χ3v) is 7.36. The molecule has 0 unspecified atom stereocenters. The van der Waals surface area contributed by atoms with Crippen LogP contribution in [0.25, 0.3) is 0 Å². The molecule has 0 saturated carbocycles. The highest BCUT2D eigenvalue weighted by Crippen LogP contribution is 2.39. The fourth-order valence-electron chi connectivity index (χ4n) is 0.786. The predicted octanol–water partition coefficient (Wildman–Crippen LogP) is 3.55. The summed E-state index contributed by atoms with van der Waals surface area (Å²) in [4.78, 5) is 0. The van der Waals surface area contributed by atoms with Crippen LogP contribution >= 0.6 is 45.4 Å². The molecule has 0 fully saturated rings. The Kier molecular flexibility index (Phi) is 3.74. The normalized spacial score (nSPS) is 12.1. The van der Waals surface area contributed by atoms with Crippen LogP contribution in [0.2, 0.25) is 0 Å². The van der Waals surface area contributed by atoms with E-state index in [-0.39, 0.29) is 0 Å². The van der Waals surface area contributed by atoms with Gasteiger partial charge in [0.25, 0.3) is 7.42 Å². The lowest BCUT2D eigenvalue weighted by molar-refractivity contribution is 1.23. The first-order valence-corrected chi connectivity index (χ1v) is 8.09. The second kappa shape index (κ2) is 4.21. The first-order chi connectivity index (χ1) is 5.55. The quantitative estimate of drug-likeness (QED) is 0.433. The molecule has 0 atom stereocenters. The minimum atomic E-state index is -2.13. The number of rotatable bonds is 2. The molecule has 0 aliphatic rings. The van der Waals surface area contributed by atoms with Crippen LogP contribution in [-0.2, 0) is 3.96 Å². The van der Waals surface area contributed by atoms with E-state index >= 15 is 0 Å². The number of benzene rings is 1. The van der Waals surface area contributed by atoms with E-state index in [1.54, 1.807) is 0 Å². The monoisotopic (exact) mass is 258 g/mol. The summed E-state index contributed by atoms with van der Waals surface area (Å²) in [6, 6.07) is 9.20. The van der Waals surface area contributed by atoms with E-state index in [1.807, 2.05) is 30.3 Å². The van der Waals surface area contributed by atoms with Crippen LogP contribution in [0.5, 0.6) is 0 Å². The maximum absolute atomic E-state index is 5.96. The molecule has 0 heterocycles. The molecule has 1 aromatic rings. The third-order valence-electron chi connectivity index (χ3n) is 1.43. The summed E-state index contributed by atoms with van der Waals surface area (Å²) in [6.07, 6.45) is 0. The van der Waals surface area contributed by atoms with Gasteiger partial charge in [-0.1, -0.05) is 53.5 Å². The second-order valence-corrected chi connectivity index (χ2v) is 9.16. The lowest BCUT2D eigenvalue weighted by Gasteiger charge is -2.19. The molecule has 1 aromatic carbocycles. The first kappa shape index (κ1) is 10.7. The summed E-state index contributed by atoms with van der Waals surface area (Å²) in [5, 5.41) is 0. The van der Waals surface area contributed by atoms with Crippen LogP contribution < -0.4 is 0 Å². The summed E-state index contributed by atoms with van der Waals surface area (Å²) in [5.74, 6) is 0. The zero-order valence-corrected chi connectivity index (χ0v) is 10.2. The Morgan fingerprint density at radius 2 is 1.50 bits per heavy atom. The largest absolute Gasteiger partial charge is 0.278 e. The molecule has 0 bridgehead atoms. The third kappa shape index (κ3) is 2.30. The Bertz CT molecular complexity index is 247. The number of halogens is 4. The highest BCUT2D eigenvalue weighted by atomic mass is 35.7. The minimum absolute atomic E-state index is 0.759. The Labute approximate surface area is 92.4 Å². The highest BCUT2D eigenvalue weighted by molar-refractivity contribution is 7.38. The smallest absolute Gasteiger partial charge is 0.147 e. The number of hydrogen-bond donors (Lipinski definition) is 0. The van der Waals surface area contributed by atoms with E-state index in [4.69, 9.17) is 45.4 Å². The molecule has 0 aliphatic heterocycles. The Morgan fingerprint density at radius 3 is 1.92 bits per heavy atom. The molecule has 66 valence electrons. The van der Waals surface area contributed by atoms with Gasteiger partial charge in [-0.15, -0.1) is 22.2 Å². The average molecular weight is 260 g/mol. The molecule has 0 nitrogen and oxygen atoms in total. The fraction of sp³-hybridized carbons (Fsp3) is 0.143. The van der Waals surface area contributed by atoms with Crippen LogP contribution in [0.1, 0.15) is 5.56 Å². The summed E-state index contributed by atoms with van der Waals surface area (Å²) in [7, 11) is -2.13. The van der Waals surface area contributed by atoms with Crippen LogP contribution in [0.3, 0.4) is 0 Å². The van der Waals surface area contributed by atoms with Gasteiger partial charge in [-0.25, -0.2) is 0 Å². The van der Waals surface area contributed by atoms with Gasteiger partial charge in [0.15, 0.2) is 3.96 Å². The SMILES string of the molecule is Cl[SiH](Cl)C(Cl)(Cl)c1ccccc1. The van der Waals surface area contributed by atoms with Crippen LogP contribution in [0.4, 0.5) is 0 Å². The van der Waals surface area contributed by atoms with Gasteiger partial charge in [0.1, 0.15) is 0 Å². The highest BCUT2D eigenvalue weighted by Gasteiger charge is 2.35. The molecular weight excluding hydrogens is 254 g/mol. The summed E-state index contributed by atoms with van der Waals surface area (Å²) >= 11 is 23.4. The standard InChI is InChI=1S/C7H6Cl4Si/c8-7(9,12(10)11)6-4-2-1-3-5-6/h1-5,12H. The molecule has 12 heavy (non-hydrogen) atoms. The molecule has 0 amide bonds. The van der Waals surface area contributed by atoms with Crippen molar-refractivity contribution in [3.05, 3.63) is 35.9 Å². The molecule has 0 saturated heterocycles. The van der Waals surface area contributed by atoms with Gasteiger partial charge in [-0.3, -0.25) is 0 Å². The van der Waals surface area contributed by atoms with Crippen molar-refractivity contribution >= 4 is 52.8 Å². The van der Waals surface area contributed by atoms with E-state index < -0.39 is 11.4 Å². The molecule has 1 rings (SSSR count). The lowest BCUT2D eigenvalue weighted by Crippen LogP contribution is -2.23. The van der Waals surface area contributed by atoms with E-state index in [0.717, 1.165) is 5.56 Å². The first-order valence-electron chi connectivity index (χ1n) is 3.26. The van der Waals surface area contributed by atoms with Crippen molar-refractivity contribution in [1.82, 2.24) is 0 Å². The molecule has 0 aliphatic carbocycles. The van der Waals surface area contributed by atoms with E-state index in [1.165, 1.54) is 0 Å². The Hall–Kier alpha value is 0.597. The minimum Gasteiger partial charge on any atom is -0.147 e. The van der Waals surface area contributed by atoms with Crippen molar-refractivity contribution in [2.24, 2.45) is 0 Å². The number of hydrogen-bond acceptors (Lipinski definition) is 0. The second-order valence-electron chi connectivity index (χ2n) is 2.29. The van der Waals surface area contributed by atoms with Crippen molar-refractivity contribution in [2.45, 2.75) is 3.96 Å². The van der Waals surface area contributed by atoms with Crippen molar-refractivity contribution in [2.75, 3.05) is 0 Å². The van der Waals surface area contributed by atoms with Gasteiger partial charge in [-0.2, -0.15) is 0 Å². The number of alkyl halides is 2. The van der Waals surface area contributed by atoms with Crippen molar-refractivity contribution in [1.29, 1.82) is 0 Å². The van der Waals surface area contributed by atoms with Crippen LogP contribution in [0, 0.1) is 0 Å². The van der Waals surface area contributed by atoms with Gasteiger partial charge < -0.3 is 0 Å². The maximum Gasteiger partial charge on any atom is 0.278 e. The lowest BCUT2D eigenvalue weighted by atomic mass is 10.2.